The molecule has 3 heteroatoms. The van der Waals surface area contributed by atoms with Crippen molar-refractivity contribution in [1.82, 2.24) is 4.90 Å². The summed E-state index contributed by atoms with van der Waals surface area (Å²) in [6, 6.07) is 11.5. The monoisotopic (exact) mass is 356 g/mol. The number of para-hydroxylation sites is 1. The lowest BCUT2D eigenvalue weighted by atomic mass is 9.77. The Balaban J connectivity index is 1.40. The van der Waals surface area contributed by atoms with Crippen LogP contribution in [-0.4, -0.2) is 47.3 Å². The summed E-state index contributed by atoms with van der Waals surface area (Å²) in [5, 5.41) is 10.9. The number of benzene rings is 1. The molecule has 3 fully saturated rings. The van der Waals surface area contributed by atoms with Crippen molar-refractivity contribution >= 4 is 5.69 Å². The first-order valence-corrected chi connectivity index (χ1v) is 10.8. The van der Waals surface area contributed by atoms with E-state index >= 15 is 0 Å². The quantitative estimate of drug-likeness (QED) is 0.874. The van der Waals surface area contributed by atoms with E-state index in [2.05, 4.69) is 54.0 Å². The van der Waals surface area contributed by atoms with Gasteiger partial charge in [-0.15, -0.1) is 0 Å². The van der Waals surface area contributed by atoms with Crippen LogP contribution < -0.4 is 4.90 Å². The lowest BCUT2D eigenvalue weighted by molar-refractivity contribution is 0.0290. The number of anilines is 1. The predicted molar refractivity (Wildman–Crippen MR) is 109 cm³/mol. The molecule has 2 aliphatic heterocycles. The number of hydrogen-bond acceptors (Lipinski definition) is 3. The van der Waals surface area contributed by atoms with Crippen molar-refractivity contribution in [2.75, 3.05) is 24.5 Å². The Bertz CT molecular complexity index is 571. The van der Waals surface area contributed by atoms with Crippen LogP contribution in [0.4, 0.5) is 5.69 Å². The highest BCUT2D eigenvalue weighted by Crippen LogP contribution is 2.43. The lowest BCUT2D eigenvalue weighted by Crippen LogP contribution is -2.59. The molecule has 3 nitrogen and oxygen atoms in total. The van der Waals surface area contributed by atoms with E-state index in [-0.39, 0.29) is 11.6 Å². The van der Waals surface area contributed by atoms with Gasteiger partial charge in [-0.3, -0.25) is 0 Å². The summed E-state index contributed by atoms with van der Waals surface area (Å²) >= 11 is 0. The van der Waals surface area contributed by atoms with Crippen molar-refractivity contribution < 1.29 is 5.11 Å². The summed E-state index contributed by atoms with van der Waals surface area (Å²) in [5.41, 5.74) is 1.25. The van der Waals surface area contributed by atoms with Gasteiger partial charge in [0.2, 0.25) is 0 Å². The van der Waals surface area contributed by atoms with Gasteiger partial charge in [-0.2, -0.15) is 0 Å². The smallest absolute Gasteiger partial charge is 0.0789 e. The SMILES string of the molecule is CC(C)C1CCC(N2CCC3(CC2)C(O)CCN3c2ccccc2)CC1. The predicted octanol–water partition coefficient (Wildman–Crippen LogP) is 4.31. The normalized spacial score (nSPS) is 32.5. The van der Waals surface area contributed by atoms with Crippen molar-refractivity contribution in [3.63, 3.8) is 0 Å². The van der Waals surface area contributed by atoms with Crippen LogP contribution in [0.3, 0.4) is 0 Å². The van der Waals surface area contributed by atoms with Crippen LogP contribution in [0, 0.1) is 11.8 Å². The highest BCUT2D eigenvalue weighted by molar-refractivity contribution is 5.51. The molecule has 2 saturated heterocycles. The Morgan fingerprint density at radius 3 is 2.19 bits per heavy atom. The molecule has 1 saturated carbocycles. The molecule has 1 N–H and O–H groups in total. The molecule has 1 aromatic carbocycles. The first-order valence-electron chi connectivity index (χ1n) is 10.8. The van der Waals surface area contributed by atoms with Crippen LogP contribution >= 0.6 is 0 Å². The summed E-state index contributed by atoms with van der Waals surface area (Å²) in [7, 11) is 0. The number of aliphatic hydroxyl groups is 1. The molecular formula is C23H36N2O. The number of nitrogens with zero attached hydrogens (tertiary/aromatic N) is 2. The molecule has 3 aliphatic rings. The van der Waals surface area contributed by atoms with Crippen LogP contribution in [-0.2, 0) is 0 Å². The Hall–Kier alpha value is -1.06. The number of likely N-dealkylation sites (tertiary alicyclic amines) is 1. The Labute approximate surface area is 159 Å². The van der Waals surface area contributed by atoms with Gasteiger partial charge in [-0.05, 0) is 68.9 Å². The van der Waals surface area contributed by atoms with Gasteiger partial charge in [-0.25, -0.2) is 0 Å². The number of rotatable bonds is 3. The number of aliphatic hydroxyl groups excluding tert-OH is 1. The highest BCUT2D eigenvalue weighted by Gasteiger charge is 2.50. The van der Waals surface area contributed by atoms with Gasteiger partial charge in [0.15, 0.2) is 0 Å². The molecule has 1 aromatic rings. The van der Waals surface area contributed by atoms with E-state index in [4.69, 9.17) is 0 Å². The molecule has 4 rings (SSSR count). The van der Waals surface area contributed by atoms with E-state index in [1.807, 2.05) is 0 Å². The average molecular weight is 357 g/mol. The van der Waals surface area contributed by atoms with Gasteiger partial charge in [0, 0.05) is 31.4 Å². The average Bonchev–Trinajstić information content (AvgIpc) is 2.99. The van der Waals surface area contributed by atoms with E-state index in [0.717, 1.165) is 56.8 Å². The minimum Gasteiger partial charge on any atom is -0.391 e. The first kappa shape index (κ1) is 18.3. The maximum Gasteiger partial charge on any atom is 0.0789 e. The molecule has 0 amide bonds. The topological polar surface area (TPSA) is 26.7 Å². The van der Waals surface area contributed by atoms with Crippen molar-refractivity contribution in [3.8, 4) is 0 Å². The van der Waals surface area contributed by atoms with Gasteiger partial charge >= 0.3 is 0 Å². The highest BCUT2D eigenvalue weighted by atomic mass is 16.3. The van der Waals surface area contributed by atoms with E-state index in [1.54, 1.807) is 0 Å². The number of hydrogen-bond donors (Lipinski definition) is 1. The molecule has 1 unspecified atom stereocenters. The summed E-state index contributed by atoms with van der Waals surface area (Å²) in [6.45, 7) is 8.06. The van der Waals surface area contributed by atoms with Gasteiger partial charge < -0.3 is 14.9 Å². The Morgan fingerprint density at radius 2 is 1.58 bits per heavy atom. The van der Waals surface area contributed by atoms with Gasteiger partial charge in [0.1, 0.15) is 0 Å². The standard InChI is InChI=1S/C23H36N2O/c1-18(2)19-8-10-20(11-9-19)24-16-13-23(14-17-24)22(26)12-15-25(23)21-6-4-3-5-7-21/h3-7,18-20,22,26H,8-17H2,1-2H3. The van der Waals surface area contributed by atoms with Crippen LogP contribution in [0.5, 0.6) is 0 Å². The second kappa shape index (κ2) is 7.52. The Morgan fingerprint density at radius 1 is 0.923 bits per heavy atom. The summed E-state index contributed by atoms with van der Waals surface area (Å²) in [4.78, 5) is 5.26. The lowest BCUT2D eigenvalue weighted by Gasteiger charge is -2.50. The zero-order chi connectivity index (χ0) is 18.1. The van der Waals surface area contributed by atoms with Gasteiger partial charge in [0.25, 0.3) is 0 Å². The molecular weight excluding hydrogens is 320 g/mol. The van der Waals surface area contributed by atoms with Gasteiger partial charge in [-0.1, -0.05) is 32.0 Å². The molecule has 2 heterocycles. The Kier molecular flexibility index (Phi) is 5.29. The molecule has 1 spiro atoms. The molecule has 0 aromatic heterocycles. The maximum absolute atomic E-state index is 10.9. The third-order valence-electron chi connectivity index (χ3n) is 7.72. The molecule has 26 heavy (non-hydrogen) atoms. The van der Waals surface area contributed by atoms with Crippen molar-refractivity contribution in [2.45, 2.75) is 76.5 Å². The van der Waals surface area contributed by atoms with E-state index in [0.29, 0.717) is 0 Å². The third kappa shape index (κ3) is 3.29. The van der Waals surface area contributed by atoms with E-state index < -0.39 is 0 Å². The van der Waals surface area contributed by atoms with Crippen molar-refractivity contribution in [1.29, 1.82) is 0 Å². The minimum atomic E-state index is -0.179. The zero-order valence-electron chi connectivity index (χ0n) is 16.6. The second-order valence-corrected chi connectivity index (χ2v) is 9.24. The molecule has 0 bridgehead atoms. The van der Waals surface area contributed by atoms with Crippen LogP contribution in [0.15, 0.2) is 30.3 Å². The molecule has 0 radical (unpaired) electrons. The van der Waals surface area contributed by atoms with Crippen molar-refractivity contribution in [2.24, 2.45) is 11.8 Å². The molecule has 1 aliphatic carbocycles. The first-order chi connectivity index (χ1) is 12.6. The fourth-order valence-corrected chi connectivity index (χ4v) is 5.93. The molecule has 1 atom stereocenters. The largest absolute Gasteiger partial charge is 0.391 e. The summed E-state index contributed by atoms with van der Waals surface area (Å²) in [5.74, 6) is 1.78. The summed E-state index contributed by atoms with van der Waals surface area (Å²) in [6.07, 6.45) is 8.50. The third-order valence-corrected chi connectivity index (χ3v) is 7.72. The van der Waals surface area contributed by atoms with E-state index in [1.165, 1.54) is 31.4 Å². The minimum absolute atomic E-state index is 0.0347. The fourth-order valence-electron chi connectivity index (χ4n) is 5.93. The van der Waals surface area contributed by atoms with Crippen molar-refractivity contribution in [3.05, 3.63) is 30.3 Å². The zero-order valence-corrected chi connectivity index (χ0v) is 16.6. The second-order valence-electron chi connectivity index (χ2n) is 9.24. The fraction of sp³-hybridized carbons (Fsp3) is 0.739. The van der Waals surface area contributed by atoms with Gasteiger partial charge in [0.05, 0.1) is 11.6 Å². The molecule has 144 valence electrons. The number of piperidine rings is 1. The van der Waals surface area contributed by atoms with E-state index in [9.17, 15) is 5.11 Å². The maximum atomic E-state index is 10.9. The van der Waals surface area contributed by atoms with Crippen LogP contribution in [0.1, 0.15) is 58.8 Å². The van der Waals surface area contributed by atoms with Crippen LogP contribution in [0.2, 0.25) is 0 Å². The van der Waals surface area contributed by atoms with Crippen LogP contribution in [0.25, 0.3) is 0 Å². The summed E-state index contributed by atoms with van der Waals surface area (Å²) < 4.78 is 0.